The molecule has 0 aliphatic carbocycles. The third-order valence-electron chi connectivity index (χ3n) is 3.77. The molecule has 0 aromatic rings. The van der Waals surface area contributed by atoms with Gasteiger partial charge in [-0.25, -0.2) is 14.4 Å². The molecule has 15 nitrogen and oxygen atoms in total. The van der Waals surface area contributed by atoms with Crippen molar-refractivity contribution in [2.45, 2.75) is 34.1 Å². The minimum absolute atomic E-state index is 0.0724. The fraction of sp³-hybridized carbons (Fsp3) is 0.652. The van der Waals surface area contributed by atoms with Crippen LogP contribution in [-0.2, 0) is 19.3 Å². The lowest BCUT2D eigenvalue weighted by atomic mass is 9.91. The van der Waals surface area contributed by atoms with Gasteiger partial charge in [0.25, 0.3) is 5.91 Å². The average molecular weight is 639 g/mol. The fourth-order valence-electron chi connectivity index (χ4n) is 1.56. The summed E-state index contributed by atoms with van der Waals surface area (Å²) in [7, 11) is 7.55. The zero-order valence-corrected chi connectivity index (χ0v) is 27.9. The Hall–Kier alpha value is -3.17. The van der Waals surface area contributed by atoms with Crippen molar-refractivity contribution in [3.8, 4) is 6.07 Å². The number of oxime groups is 3. The predicted molar refractivity (Wildman–Crippen MR) is 167 cm³/mol. The standard InChI is InChI=1S/C9H18N2O2S.C7H13N3O3S.C7H11N3O2S/c1-9(2,3)7(6-14-5)11-13-8(12)10-4;1-8-7(12)13-9-5(14-4)6(11)10(2)3;1-6(13-5-3-4-8)10-12-7(11)9-2/h6H2,1-5H3,(H,10,12);1-4H3,(H,8,12);3,5H2,1-2H3,(H,9,11)/b;9-5+;10-6-. The Bertz CT molecular complexity index is 947. The van der Waals surface area contributed by atoms with Gasteiger partial charge in [-0.2, -0.15) is 17.0 Å². The van der Waals surface area contributed by atoms with E-state index in [-0.39, 0.29) is 16.4 Å². The molecule has 0 atom stereocenters. The second-order valence-electron chi connectivity index (χ2n) is 8.27. The summed E-state index contributed by atoms with van der Waals surface area (Å²) in [6, 6.07) is 2.00. The molecule has 234 valence electrons. The molecule has 0 heterocycles. The van der Waals surface area contributed by atoms with Gasteiger partial charge in [-0.15, -0.1) is 23.5 Å². The van der Waals surface area contributed by atoms with E-state index >= 15 is 0 Å². The van der Waals surface area contributed by atoms with Crippen LogP contribution in [0.3, 0.4) is 0 Å². The number of carbonyl (C=O) groups is 4. The molecule has 0 saturated carbocycles. The second kappa shape index (κ2) is 25.8. The topological polar surface area (TPSA) is 196 Å². The van der Waals surface area contributed by atoms with E-state index < -0.39 is 18.3 Å². The van der Waals surface area contributed by atoms with Gasteiger partial charge in [0, 0.05) is 58.6 Å². The minimum atomic E-state index is -0.705. The number of rotatable bonds is 7. The lowest BCUT2D eigenvalue weighted by Crippen LogP contribution is -2.28. The lowest BCUT2D eigenvalue weighted by molar-refractivity contribution is -0.121. The normalized spacial score (nSPS) is 11.2. The first-order valence-electron chi connectivity index (χ1n) is 11.7. The third kappa shape index (κ3) is 25.5. The number of amides is 4. The fourth-order valence-corrected chi connectivity index (χ4v) is 3.37. The van der Waals surface area contributed by atoms with Crippen LogP contribution in [0.4, 0.5) is 14.4 Å². The van der Waals surface area contributed by atoms with Crippen molar-refractivity contribution in [1.82, 2.24) is 20.9 Å². The van der Waals surface area contributed by atoms with Crippen LogP contribution in [0.5, 0.6) is 0 Å². The summed E-state index contributed by atoms with van der Waals surface area (Å²) >= 11 is 4.14. The number of nitriles is 1. The second-order valence-corrected chi connectivity index (χ2v) is 11.2. The van der Waals surface area contributed by atoms with Crippen LogP contribution in [-0.4, -0.2) is 104 Å². The van der Waals surface area contributed by atoms with E-state index in [0.717, 1.165) is 23.2 Å². The molecule has 0 spiro atoms. The molecule has 4 amide bonds. The van der Waals surface area contributed by atoms with E-state index in [1.165, 1.54) is 37.8 Å². The highest BCUT2D eigenvalue weighted by atomic mass is 32.2. The third-order valence-corrected chi connectivity index (χ3v) is 5.87. The molecular weight excluding hydrogens is 597 g/mol. The maximum Gasteiger partial charge on any atom is 0.433 e. The van der Waals surface area contributed by atoms with Crippen molar-refractivity contribution in [2.24, 2.45) is 20.9 Å². The Morgan fingerprint density at radius 3 is 1.71 bits per heavy atom. The van der Waals surface area contributed by atoms with E-state index in [4.69, 9.17) is 5.26 Å². The lowest BCUT2D eigenvalue weighted by Gasteiger charge is -2.19. The molecule has 0 rings (SSSR count). The Morgan fingerprint density at radius 2 is 1.34 bits per heavy atom. The van der Waals surface area contributed by atoms with E-state index in [1.807, 2.05) is 33.1 Å². The van der Waals surface area contributed by atoms with E-state index in [2.05, 4.69) is 45.9 Å². The number of nitrogens with zero attached hydrogens (tertiary/aromatic N) is 5. The molecule has 0 saturated heterocycles. The molecule has 0 aromatic heterocycles. The molecule has 18 heteroatoms. The highest BCUT2D eigenvalue weighted by Crippen LogP contribution is 2.18. The summed E-state index contributed by atoms with van der Waals surface area (Å²) in [5.41, 5.74) is 0.797. The Labute approximate surface area is 254 Å². The Kier molecular flexibility index (Phi) is 26.6. The van der Waals surface area contributed by atoms with Crippen molar-refractivity contribution < 1.29 is 33.7 Å². The first kappa shape index (κ1) is 42.3. The van der Waals surface area contributed by atoms with Gasteiger partial charge in [0.1, 0.15) is 5.04 Å². The van der Waals surface area contributed by atoms with Crippen LogP contribution in [0.2, 0.25) is 0 Å². The summed E-state index contributed by atoms with van der Waals surface area (Å²) in [5.74, 6) is 1.12. The molecule has 0 fully saturated rings. The van der Waals surface area contributed by atoms with E-state index in [0.29, 0.717) is 17.2 Å². The molecule has 0 aliphatic heterocycles. The SMILES string of the molecule is CNC(=O)O/N=C(/C)SCCC#N.CNC(=O)O/N=C(/SC)C(=O)N(C)C.CNC(=O)ON=C(CSC)C(C)(C)C. The van der Waals surface area contributed by atoms with Gasteiger partial charge in [-0.1, -0.05) is 36.2 Å². The molecule has 0 aromatic carbocycles. The summed E-state index contributed by atoms with van der Waals surface area (Å²) in [6.45, 7) is 7.82. The summed E-state index contributed by atoms with van der Waals surface area (Å²) in [5, 5.41) is 26.6. The van der Waals surface area contributed by atoms with Gasteiger partial charge in [-0.3, -0.25) is 19.3 Å². The smallest absolute Gasteiger partial charge is 0.343 e. The quantitative estimate of drug-likeness (QED) is 0.121. The summed E-state index contributed by atoms with van der Waals surface area (Å²) in [4.78, 5) is 58.1. The van der Waals surface area contributed by atoms with Gasteiger partial charge in [0.15, 0.2) is 0 Å². The number of thioether (sulfide) groups is 3. The number of hydrogen-bond acceptors (Lipinski definition) is 14. The maximum absolute atomic E-state index is 11.3. The molecule has 3 N–H and O–H groups in total. The minimum Gasteiger partial charge on any atom is -0.343 e. The van der Waals surface area contributed by atoms with Gasteiger partial charge in [0.05, 0.1) is 11.8 Å². The molecule has 0 unspecified atom stereocenters. The average Bonchev–Trinajstić information content (AvgIpc) is 2.93. The van der Waals surface area contributed by atoms with Crippen molar-refractivity contribution in [1.29, 1.82) is 5.26 Å². The van der Waals surface area contributed by atoms with Gasteiger partial charge in [0.2, 0.25) is 5.04 Å². The Balaban J connectivity index is -0.000000529. The van der Waals surface area contributed by atoms with Crippen molar-refractivity contribution >= 4 is 75.3 Å². The highest BCUT2D eigenvalue weighted by molar-refractivity contribution is 8.15. The van der Waals surface area contributed by atoms with E-state index in [1.54, 1.807) is 39.0 Å². The molecule has 0 aliphatic rings. The Morgan fingerprint density at radius 1 is 0.878 bits per heavy atom. The van der Waals surface area contributed by atoms with Gasteiger partial charge in [-0.05, 0) is 19.4 Å². The molecule has 0 bridgehead atoms. The van der Waals surface area contributed by atoms with Crippen LogP contribution >= 0.6 is 35.3 Å². The van der Waals surface area contributed by atoms with Crippen molar-refractivity contribution in [3.63, 3.8) is 0 Å². The highest BCUT2D eigenvalue weighted by Gasteiger charge is 2.19. The predicted octanol–water partition coefficient (Wildman–Crippen LogP) is 3.54. The van der Waals surface area contributed by atoms with Crippen LogP contribution in [0.25, 0.3) is 0 Å². The van der Waals surface area contributed by atoms with Crippen molar-refractivity contribution in [3.05, 3.63) is 0 Å². The summed E-state index contributed by atoms with van der Waals surface area (Å²) in [6.07, 6.45) is 2.28. The van der Waals surface area contributed by atoms with Gasteiger partial charge < -0.3 is 20.9 Å². The summed E-state index contributed by atoms with van der Waals surface area (Å²) < 4.78 is 0. The zero-order chi connectivity index (χ0) is 32.4. The monoisotopic (exact) mass is 638 g/mol. The molecular formula is C23H42N8O7S3. The maximum atomic E-state index is 11.3. The first-order chi connectivity index (χ1) is 19.1. The van der Waals surface area contributed by atoms with E-state index in [9.17, 15) is 19.2 Å². The van der Waals surface area contributed by atoms with Gasteiger partial charge >= 0.3 is 18.3 Å². The molecule has 41 heavy (non-hydrogen) atoms. The largest absolute Gasteiger partial charge is 0.433 e. The van der Waals surface area contributed by atoms with Crippen LogP contribution in [0.15, 0.2) is 15.5 Å². The van der Waals surface area contributed by atoms with Crippen molar-refractivity contribution in [2.75, 3.05) is 59.3 Å². The van der Waals surface area contributed by atoms with Crippen LogP contribution in [0, 0.1) is 16.7 Å². The first-order valence-corrected chi connectivity index (χ1v) is 15.4. The van der Waals surface area contributed by atoms with Crippen LogP contribution in [0.1, 0.15) is 34.1 Å². The zero-order valence-electron chi connectivity index (χ0n) is 25.4. The van der Waals surface area contributed by atoms with Crippen LogP contribution < -0.4 is 16.0 Å². The number of nitrogens with one attached hydrogen (secondary N) is 3. The molecule has 0 radical (unpaired) electrons. The number of hydrogen-bond donors (Lipinski definition) is 3. The number of carbonyl (C=O) groups excluding carboxylic acids is 4.